The molecule has 22 heavy (non-hydrogen) atoms. The molecule has 3 nitrogen and oxygen atoms in total. The van der Waals surface area contributed by atoms with Gasteiger partial charge in [0.1, 0.15) is 10.8 Å². The third-order valence-electron chi connectivity index (χ3n) is 4.41. The van der Waals surface area contributed by atoms with Crippen LogP contribution in [0.25, 0.3) is 23.0 Å². The number of aliphatic hydroxyl groups excluding tert-OH is 1. The fourth-order valence-corrected chi connectivity index (χ4v) is 4.03. The Morgan fingerprint density at radius 3 is 2.68 bits per heavy atom. The molecular formula is C18H20N2OS. The zero-order valence-corrected chi connectivity index (χ0v) is 14.2. The first kappa shape index (κ1) is 14.9. The number of hydrogen-bond acceptors (Lipinski definition) is 3. The van der Waals surface area contributed by atoms with Crippen LogP contribution in [0, 0.1) is 19.8 Å². The Bertz CT molecular complexity index is 836. The third-order valence-corrected chi connectivity index (χ3v) is 5.67. The first-order chi connectivity index (χ1) is 10.3. The fourth-order valence-electron chi connectivity index (χ4n) is 2.99. The molecule has 0 bridgehead atoms. The molecule has 1 unspecified atom stereocenters. The zero-order valence-electron chi connectivity index (χ0n) is 13.4. The lowest BCUT2D eigenvalue weighted by Crippen LogP contribution is -2.10. The van der Waals surface area contributed by atoms with E-state index in [2.05, 4.69) is 55.7 Å². The molecule has 2 aromatic heterocycles. The quantitative estimate of drug-likeness (QED) is 0.806. The molecule has 2 aromatic rings. The number of aliphatic hydroxyl groups is 1. The van der Waals surface area contributed by atoms with E-state index in [1.54, 1.807) is 0 Å². The molecule has 0 amide bonds. The van der Waals surface area contributed by atoms with Crippen LogP contribution in [0.4, 0.5) is 0 Å². The Morgan fingerprint density at radius 1 is 1.41 bits per heavy atom. The van der Waals surface area contributed by atoms with E-state index in [9.17, 15) is 5.11 Å². The van der Waals surface area contributed by atoms with Crippen LogP contribution in [0.2, 0.25) is 0 Å². The van der Waals surface area contributed by atoms with Crippen molar-refractivity contribution in [1.82, 2.24) is 9.55 Å². The Labute approximate surface area is 135 Å². The predicted molar refractivity (Wildman–Crippen MR) is 94.7 cm³/mol. The second-order valence-electron chi connectivity index (χ2n) is 5.88. The number of hydrogen-bond donors (Lipinski definition) is 1. The normalized spacial score (nSPS) is 17.4. The van der Waals surface area contributed by atoms with E-state index in [-0.39, 0.29) is 11.7 Å². The van der Waals surface area contributed by atoms with Crippen molar-refractivity contribution in [1.29, 1.82) is 0 Å². The highest BCUT2D eigenvalue weighted by atomic mass is 32.1. The van der Waals surface area contributed by atoms with Gasteiger partial charge in [-0.1, -0.05) is 20.1 Å². The van der Waals surface area contributed by atoms with Gasteiger partial charge in [0, 0.05) is 24.2 Å². The highest BCUT2D eigenvalue weighted by Crippen LogP contribution is 2.43. The molecule has 3 rings (SSSR count). The summed E-state index contributed by atoms with van der Waals surface area (Å²) in [5, 5.41) is 10.6. The molecule has 0 radical (unpaired) electrons. The van der Waals surface area contributed by atoms with Gasteiger partial charge in [-0.15, -0.1) is 11.3 Å². The minimum Gasteiger partial charge on any atom is -0.507 e. The Morgan fingerprint density at radius 2 is 2.09 bits per heavy atom. The van der Waals surface area contributed by atoms with Gasteiger partial charge in [-0.2, -0.15) is 0 Å². The maximum atomic E-state index is 9.67. The minimum absolute atomic E-state index is 0.0837. The summed E-state index contributed by atoms with van der Waals surface area (Å²) in [5.41, 5.74) is 6.70. The van der Waals surface area contributed by atoms with Crippen LogP contribution >= 0.6 is 11.3 Å². The number of aryl methyl sites for hydroxylation is 2. The van der Waals surface area contributed by atoms with E-state index < -0.39 is 0 Å². The molecule has 0 aromatic carbocycles. The first-order valence-electron chi connectivity index (χ1n) is 7.24. The Balaban J connectivity index is 2.17. The molecule has 1 atom stereocenters. The average molecular weight is 312 g/mol. The van der Waals surface area contributed by atoms with E-state index in [1.165, 1.54) is 28.3 Å². The minimum atomic E-state index is 0.0837. The highest BCUT2D eigenvalue weighted by Gasteiger charge is 2.27. The van der Waals surface area contributed by atoms with Gasteiger partial charge in [-0.05, 0) is 37.1 Å². The summed E-state index contributed by atoms with van der Waals surface area (Å²) >= 11 is 1.49. The lowest BCUT2D eigenvalue weighted by molar-refractivity contribution is 0.515. The number of nitrogens with zero attached hydrogens (tertiary/aromatic N) is 2. The molecule has 0 saturated carbocycles. The number of rotatable bonds is 2. The van der Waals surface area contributed by atoms with Crippen molar-refractivity contribution in [2.45, 2.75) is 20.8 Å². The van der Waals surface area contributed by atoms with Gasteiger partial charge in [0.25, 0.3) is 0 Å². The van der Waals surface area contributed by atoms with Crippen molar-refractivity contribution < 1.29 is 5.11 Å². The van der Waals surface area contributed by atoms with Gasteiger partial charge in [0.2, 0.25) is 0 Å². The summed E-state index contributed by atoms with van der Waals surface area (Å²) in [6.45, 7) is 14.1. The first-order valence-corrected chi connectivity index (χ1v) is 8.06. The van der Waals surface area contributed by atoms with Crippen molar-refractivity contribution in [2.75, 3.05) is 0 Å². The van der Waals surface area contributed by atoms with E-state index in [0.717, 1.165) is 26.7 Å². The van der Waals surface area contributed by atoms with Gasteiger partial charge in [-0.25, -0.2) is 4.98 Å². The second-order valence-corrected chi connectivity index (χ2v) is 6.87. The molecule has 1 aliphatic rings. The van der Waals surface area contributed by atoms with Crippen LogP contribution in [0.15, 0.2) is 19.2 Å². The van der Waals surface area contributed by atoms with Crippen LogP contribution < -0.4 is 0 Å². The maximum absolute atomic E-state index is 9.67. The van der Waals surface area contributed by atoms with Crippen LogP contribution in [-0.4, -0.2) is 14.7 Å². The summed E-state index contributed by atoms with van der Waals surface area (Å²) in [6, 6.07) is 2.18. The molecule has 0 saturated heterocycles. The van der Waals surface area contributed by atoms with Crippen LogP contribution in [0.5, 0.6) is 0 Å². The van der Waals surface area contributed by atoms with Gasteiger partial charge >= 0.3 is 0 Å². The second kappa shape index (κ2) is 4.99. The Kier molecular flexibility index (Phi) is 3.37. The summed E-state index contributed by atoms with van der Waals surface area (Å²) < 4.78 is 2.19. The summed E-state index contributed by atoms with van der Waals surface area (Å²) in [5.74, 6) is 0.284. The number of aromatic nitrogens is 2. The van der Waals surface area contributed by atoms with Crippen LogP contribution in [0.1, 0.15) is 39.5 Å². The van der Waals surface area contributed by atoms with Crippen LogP contribution in [-0.2, 0) is 7.05 Å². The van der Waals surface area contributed by atoms with Crippen LogP contribution in [0.3, 0.4) is 0 Å². The maximum Gasteiger partial charge on any atom is 0.127 e. The van der Waals surface area contributed by atoms with Crippen molar-refractivity contribution in [3.05, 3.63) is 51.8 Å². The average Bonchev–Trinajstić information content (AvgIpc) is 2.96. The van der Waals surface area contributed by atoms with Gasteiger partial charge < -0.3 is 9.67 Å². The standard InChI is InChI=1S/C18H20N2OS/c1-9-7-14-8-15(10(2)11(3)16(14)20(9)6)18-19-12(4)17(22-18)13(5)21/h7-8,10,21H,3,5H2,1-2,4,6H3. The highest BCUT2D eigenvalue weighted by molar-refractivity contribution is 7.14. The molecule has 0 aliphatic heterocycles. The van der Waals surface area contributed by atoms with E-state index in [1.807, 2.05) is 6.92 Å². The van der Waals surface area contributed by atoms with Gasteiger partial charge in [-0.3, -0.25) is 0 Å². The van der Waals surface area contributed by atoms with E-state index in [4.69, 9.17) is 0 Å². The van der Waals surface area contributed by atoms with Crippen molar-refractivity contribution in [2.24, 2.45) is 13.0 Å². The molecule has 1 aliphatic carbocycles. The molecule has 114 valence electrons. The number of allylic oxidation sites excluding steroid dienone is 2. The van der Waals surface area contributed by atoms with E-state index in [0.29, 0.717) is 0 Å². The summed E-state index contributed by atoms with van der Waals surface area (Å²) in [7, 11) is 2.08. The number of fused-ring (bicyclic) bond motifs is 1. The lowest BCUT2D eigenvalue weighted by atomic mass is 9.84. The van der Waals surface area contributed by atoms with Crippen molar-refractivity contribution in [3.8, 4) is 0 Å². The molecule has 2 heterocycles. The summed E-state index contributed by atoms with van der Waals surface area (Å²) in [6.07, 6.45) is 2.20. The van der Waals surface area contributed by atoms with Crippen molar-refractivity contribution in [3.63, 3.8) is 0 Å². The Hall–Kier alpha value is -2.07. The smallest absolute Gasteiger partial charge is 0.127 e. The van der Waals surface area contributed by atoms with E-state index >= 15 is 0 Å². The largest absolute Gasteiger partial charge is 0.507 e. The topological polar surface area (TPSA) is 38.0 Å². The zero-order chi connectivity index (χ0) is 16.2. The molecule has 1 N–H and O–H groups in total. The number of thiazole rings is 1. The lowest BCUT2D eigenvalue weighted by Gasteiger charge is -2.23. The molecular weight excluding hydrogens is 292 g/mol. The third kappa shape index (κ3) is 2.06. The van der Waals surface area contributed by atoms with Gasteiger partial charge in [0.15, 0.2) is 0 Å². The van der Waals surface area contributed by atoms with Crippen molar-refractivity contribution >= 4 is 34.3 Å². The predicted octanol–water partition coefficient (Wildman–Crippen LogP) is 4.83. The SMILES string of the molecule is C=C(O)c1sc(C2=Cc3cc(C)n(C)c3C(=C)C2C)nc1C. The van der Waals surface area contributed by atoms with Gasteiger partial charge in [0.05, 0.1) is 16.3 Å². The summed E-state index contributed by atoms with van der Waals surface area (Å²) in [4.78, 5) is 5.38. The monoisotopic (exact) mass is 312 g/mol. The fraction of sp³-hybridized carbons (Fsp3) is 0.278. The molecule has 0 fully saturated rings. The molecule has 0 spiro atoms. The molecule has 4 heteroatoms.